The highest BCUT2D eigenvalue weighted by atomic mass is 35.5. The maximum Gasteiger partial charge on any atom is 0.295 e. The summed E-state index contributed by atoms with van der Waals surface area (Å²) in [5.41, 5.74) is 3.26. The van der Waals surface area contributed by atoms with Crippen LogP contribution in [0.2, 0.25) is 5.02 Å². The van der Waals surface area contributed by atoms with Crippen molar-refractivity contribution >= 4 is 39.9 Å². The van der Waals surface area contributed by atoms with E-state index in [1.165, 1.54) is 6.92 Å². The summed E-state index contributed by atoms with van der Waals surface area (Å²) in [6, 6.07) is 18.6. The van der Waals surface area contributed by atoms with Crippen LogP contribution in [-0.2, 0) is 0 Å². The monoisotopic (exact) mass is 443 g/mol. The van der Waals surface area contributed by atoms with Crippen molar-refractivity contribution in [3.05, 3.63) is 110 Å². The number of Topliss-reactive ketones (excluding diaryl/α,β-unsaturated/α-hetero) is 1. The summed E-state index contributed by atoms with van der Waals surface area (Å²) in [7, 11) is 0. The van der Waals surface area contributed by atoms with Crippen molar-refractivity contribution in [2.45, 2.75) is 19.9 Å². The lowest BCUT2D eigenvalue weighted by Crippen LogP contribution is -2.29. The molecule has 158 valence electrons. The number of hydrogen-bond donors (Lipinski definition) is 0. The van der Waals surface area contributed by atoms with Crippen molar-refractivity contribution in [1.29, 1.82) is 0 Å². The van der Waals surface area contributed by atoms with Gasteiger partial charge in [0.1, 0.15) is 5.58 Å². The number of aryl methyl sites for hydroxylation is 1. The minimum Gasteiger partial charge on any atom is -0.450 e. The van der Waals surface area contributed by atoms with Gasteiger partial charge in [-0.15, -0.1) is 0 Å². The second kappa shape index (κ2) is 7.46. The second-order valence-electron chi connectivity index (χ2n) is 7.91. The van der Waals surface area contributed by atoms with E-state index in [4.69, 9.17) is 16.0 Å². The quantitative estimate of drug-likeness (QED) is 0.380. The average molecular weight is 444 g/mol. The first-order valence-corrected chi connectivity index (χ1v) is 10.5. The number of amides is 1. The lowest BCUT2D eigenvalue weighted by molar-refractivity contribution is 0.0970. The summed E-state index contributed by atoms with van der Waals surface area (Å²) in [5.74, 6) is -0.455. The van der Waals surface area contributed by atoms with Gasteiger partial charge >= 0.3 is 0 Å². The summed E-state index contributed by atoms with van der Waals surface area (Å²) < 4.78 is 5.94. The first-order chi connectivity index (χ1) is 15.3. The standard InChI is InChI=1S/C26H18ClNO4/c1-14-3-5-17(6-4-14)23-22-24(30)20-13-18(27)9-12-21(20)32-25(22)26(31)28(23)19-10-7-16(8-11-19)15(2)29/h3-13,23H,1-2H3. The highest BCUT2D eigenvalue weighted by Gasteiger charge is 2.43. The van der Waals surface area contributed by atoms with Gasteiger partial charge in [-0.05, 0) is 61.9 Å². The highest BCUT2D eigenvalue weighted by molar-refractivity contribution is 6.31. The molecule has 1 atom stereocenters. The number of ketones is 1. The Balaban J connectivity index is 1.77. The first-order valence-electron chi connectivity index (χ1n) is 10.1. The molecular formula is C26H18ClNO4. The number of carbonyl (C=O) groups excluding carboxylic acids is 2. The molecule has 0 saturated heterocycles. The molecule has 0 aliphatic carbocycles. The molecule has 3 aromatic carbocycles. The van der Waals surface area contributed by atoms with Gasteiger partial charge in [-0.1, -0.05) is 41.4 Å². The SMILES string of the molecule is CC(=O)c1ccc(N2C(=O)c3oc4ccc(Cl)cc4c(=O)c3C2c2ccc(C)cc2)cc1. The van der Waals surface area contributed by atoms with Crippen LogP contribution >= 0.6 is 11.6 Å². The fraction of sp³-hybridized carbons (Fsp3) is 0.115. The van der Waals surface area contributed by atoms with E-state index in [1.807, 2.05) is 31.2 Å². The van der Waals surface area contributed by atoms with Crippen LogP contribution in [-0.4, -0.2) is 11.7 Å². The lowest BCUT2D eigenvalue weighted by atomic mass is 9.97. The molecule has 5 nitrogen and oxygen atoms in total. The molecule has 5 rings (SSSR count). The van der Waals surface area contributed by atoms with E-state index in [0.29, 0.717) is 27.2 Å². The molecule has 1 aliphatic heterocycles. The molecule has 0 saturated carbocycles. The Hall–Kier alpha value is -3.70. The lowest BCUT2D eigenvalue weighted by Gasteiger charge is -2.25. The number of fused-ring (bicyclic) bond motifs is 2. The third-order valence-electron chi connectivity index (χ3n) is 5.78. The molecule has 1 aliphatic rings. The summed E-state index contributed by atoms with van der Waals surface area (Å²) in [5, 5.41) is 0.743. The normalized spacial score (nSPS) is 15.3. The summed E-state index contributed by atoms with van der Waals surface area (Å²) in [6.07, 6.45) is 0. The van der Waals surface area contributed by atoms with Gasteiger partial charge in [0.2, 0.25) is 5.76 Å². The van der Waals surface area contributed by atoms with Crippen molar-refractivity contribution in [2.24, 2.45) is 0 Å². The van der Waals surface area contributed by atoms with Crippen LogP contribution in [0.3, 0.4) is 0 Å². The van der Waals surface area contributed by atoms with Crippen LogP contribution in [0, 0.1) is 6.92 Å². The average Bonchev–Trinajstić information content (AvgIpc) is 3.07. The first kappa shape index (κ1) is 20.2. The van der Waals surface area contributed by atoms with Gasteiger partial charge in [-0.2, -0.15) is 0 Å². The van der Waals surface area contributed by atoms with Crippen molar-refractivity contribution in [2.75, 3.05) is 4.90 Å². The number of carbonyl (C=O) groups is 2. The maximum atomic E-state index is 13.5. The number of halogens is 1. The van der Waals surface area contributed by atoms with Gasteiger partial charge in [0.15, 0.2) is 11.2 Å². The van der Waals surface area contributed by atoms with Gasteiger partial charge in [0, 0.05) is 16.3 Å². The van der Waals surface area contributed by atoms with Crippen LogP contribution in [0.4, 0.5) is 5.69 Å². The fourth-order valence-corrected chi connectivity index (χ4v) is 4.30. The van der Waals surface area contributed by atoms with Crippen molar-refractivity contribution in [3.63, 3.8) is 0 Å². The second-order valence-corrected chi connectivity index (χ2v) is 8.34. The molecule has 32 heavy (non-hydrogen) atoms. The molecule has 1 aromatic heterocycles. The minimum atomic E-state index is -0.666. The van der Waals surface area contributed by atoms with Crippen molar-refractivity contribution in [1.82, 2.24) is 0 Å². The fourth-order valence-electron chi connectivity index (χ4n) is 4.13. The molecule has 1 unspecified atom stereocenters. The number of rotatable bonds is 3. The van der Waals surface area contributed by atoms with Crippen LogP contribution in [0.15, 0.2) is 75.9 Å². The number of anilines is 1. The van der Waals surface area contributed by atoms with E-state index < -0.39 is 11.9 Å². The number of hydrogen-bond acceptors (Lipinski definition) is 4. The Morgan fingerprint density at radius 1 is 0.969 bits per heavy atom. The Kier molecular flexibility index (Phi) is 4.72. The maximum absolute atomic E-state index is 13.5. The van der Waals surface area contributed by atoms with Crippen molar-refractivity contribution in [3.8, 4) is 0 Å². The molecule has 4 aromatic rings. The van der Waals surface area contributed by atoms with E-state index >= 15 is 0 Å². The molecule has 0 spiro atoms. The van der Waals surface area contributed by atoms with E-state index in [0.717, 1.165) is 11.1 Å². The summed E-state index contributed by atoms with van der Waals surface area (Å²) in [4.78, 5) is 40.3. The van der Waals surface area contributed by atoms with Crippen LogP contribution in [0.25, 0.3) is 11.0 Å². The predicted molar refractivity (Wildman–Crippen MR) is 124 cm³/mol. The van der Waals surface area contributed by atoms with Crippen LogP contribution in [0.5, 0.6) is 0 Å². The number of benzene rings is 3. The van der Waals surface area contributed by atoms with E-state index in [-0.39, 0.29) is 22.5 Å². The van der Waals surface area contributed by atoms with Crippen LogP contribution < -0.4 is 10.3 Å². The molecular weight excluding hydrogens is 426 g/mol. The van der Waals surface area contributed by atoms with Gasteiger partial charge in [0.25, 0.3) is 5.91 Å². The molecule has 0 fully saturated rings. The third-order valence-corrected chi connectivity index (χ3v) is 6.01. The Bertz CT molecular complexity index is 1450. The Morgan fingerprint density at radius 2 is 1.66 bits per heavy atom. The van der Waals surface area contributed by atoms with Crippen molar-refractivity contribution < 1.29 is 14.0 Å². The van der Waals surface area contributed by atoms with Gasteiger partial charge in [-0.3, -0.25) is 19.3 Å². The highest BCUT2D eigenvalue weighted by Crippen LogP contribution is 2.41. The van der Waals surface area contributed by atoms with E-state index in [1.54, 1.807) is 47.4 Å². The minimum absolute atomic E-state index is 0.0195. The largest absolute Gasteiger partial charge is 0.450 e. The Labute approximate surface area is 188 Å². The topological polar surface area (TPSA) is 67.6 Å². The number of nitrogens with zero attached hydrogens (tertiary/aromatic N) is 1. The van der Waals surface area contributed by atoms with Gasteiger partial charge in [-0.25, -0.2) is 0 Å². The smallest absolute Gasteiger partial charge is 0.295 e. The van der Waals surface area contributed by atoms with Crippen LogP contribution in [0.1, 0.15) is 50.6 Å². The molecule has 6 heteroatoms. The van der Waals surface area contributed by atoms with Gasteiger partial charge < -0.3 is 4.42 Å². The predicted octanol–water partition coefficient (Wildman–Crippen LogP) is 5.71. The van der Waals surface area contributed by atoms with Gasteiger partial charge in [0.05, 0.1) is 17.0 Å². The molecule has 0 N–H and O–H groups in total. The molecule has 0 bridgehead atoms. The van der Waals surface area contributed by atoms with E-state index in [2.05, 4.69) is 0 Å². The summed E-state index contributed by atoms with van der Waals surface area (Å²) in [6.45, 7) is 3.46. The van der Waals surface area contributed by atoms with E-state index in [9.17, 15) is 14.4 Å². The Morgan fingerprint density at radius 3 is 2.31 bits per heavy atom. The molecule has 1 amide bonds. The molecule has 2 heterocycles. The summed E-state index contributed by atoms with van der Waals surface area (Å²) >= 11 is 6.12. The zero-order valence-electron chi connectivity index (χ0n) is 17.4. The molecule has 0 radical (unpaired) electrons. The third kappa shape index (κ3) is 3.13. The zero-order valence-corrected chi connectivity index (χ0v) is 18.1. The zero-order chi connectivity index (χ0) is 22.6.